The number of nitrogens with zero attached hydrogens (tertiary/aromatic N) is 1. The van der Waals surface area contributed by atoms with Gasteiger partial charge in [-0.1, -0.05) is 0 Å². The van der Waals surface area contributed by atoms with Gasteiger partial charge in [-0.3, -0.25) is 14.4 Å². The molecule has 1 saturated heterocycles. The molecule has 0 spiro atoms. The average molecular weight is 491 g/mol. The van der Waals surface area contributed by atoms with Gasteiger partial charge in [0.1, 0.15) is 5.75 Å². The zero-order valence-corrected chi connectivity index (χ0v) is 19.6. The summed E-state index contributed by atoms with van der Waals surface area (Å²) in [5.41, 5.74) is 7.27. The van der Waals surface area contributed by atoms with Crippen LogP contribution in [0.3, 0.4) is 0 Å². The Bertz CT molecular complexity index is 1260. The Balaban J connectivity index is 1.36. The molecule has 178 valence electrons. The number of methoxy groups -OCH3 is 1. The predicted octanol–water partition coefficient (Wildman–Crippen LogP) is 3.74. The molecule has 1 heterocycles. The van der Waals surface area contributed by atoms with E-state index in [0.717, 1.165) is 9.80 Å². The number of esters is 1. The maximum atomic E-state index is 12.9. The number of amides is 2. The van der Waals surface area contributed by atoms with Gasteiger partial charge in [0, 0.05) is 22.6 Å². The van der Waals surface area contributed by atoms with E-state index >= 15 is 0 Å². The van der Waals surface area contributed by atoms with Crippen molar-refractivity contribution in [2.75, 3.05) is 24.4 Å². The number of carbonyl (C=O) groups is 4. The maximum Gasteiger partial charge on any atom is 0.338 e. The van der Waals surface area contributed by atoms with Gasteiger partial charge in [-0.15, -0.1) is 11.8 Å². The summed E-state index contributed by atoms with van der Waals surface area (Å²) in [5.74, 6) is -1.06. The molecule has 3 aromatic carbocycles. The molecule has 35 heavy (non-hydrogen) atoms. The van der Waals surface area contributed by atoms with Gasteiger partial charge < -0.3 is 15.2 Å². The van der Waals surface area contributed by atoms with Crippen LogP contribution in [0.4, 0.5) is 11.4 Å². The van der Waals surface area contributed by atoms with Crippen LogP contribution in [0.5, 0.6) is 5.75 Å². The quantitative estimate of drug-likeness (QED) is 0.220. The Hall–Kier alpha value is -4.11. The number of rotatable bonds is 8. The molecule has 2 amide bonds. The number of ketones is 1. The number of hydrogen-bond acceptors (Lipinski definition) is 8. The van der Waals surface area contributed by atoms with E-state index < -0.39 is 17.8 Å². The van der Waals surface area contributed by atoms with E-state index in [-0.39, 0.29) is 29.6 Å². The Labute approximate surface area is 206 Å². The van der Waals surface area contributed by atoms with Crippen molar-refractivity contribution in [3.05, 3.63) is 83.9 Å². The van der Waals surface area contributed by atoms with Crippen molar-refractivity contribution in [2.45, 2.75) is 16.6 Å². The lowest BCUT2D eigenvalue weighted by molar-refractivity contribution is -0.121. The van der Waals surface area contributed by atoms with Crippen molar-refractivity contribution in [2.24, 2.45) is 0 Å². The van der Waals surface area contributed by atoms with E-state index in [1.54, 1.807) is 48.5 Å². The molecule has 0 saturated carbocycles. The number of benzene rings is 3. The van der Waals surface area contributed by atoms with Gasteiger partial charge in [0.25, 0.3) is 0 Å². The molecular formula is C26H22N2O6S. The summed E-state index contributed by atoms with van der Waals surface area (Å²) >= 11 is 1.31. The topological polar surface area (TPSA) is 116 Å². The first kappa shape index (κ1) is 24.0. The van der Waals surface area contributed by atoms with Gasteiger partial charge in [0.05, 0.1) is 23.6 Å². The Kier molecular flexibility index (Phi) is 7.17. The predicted molar refractivity (Wildman–Crippen MR) is 132 cm³/mol. The molecule has 4 rings (SSSR count). The summed E-state index contributed by atoms with van der Waals surface area (Å²) in [5, 5.41) is -0.542. The van der Waals surface area contributed by atoms with Gasteiger partial charge in [-0.25, -0.2) is 9.69 Å². The first-order chi connectivity index (χ1) is 16.9. The van der Waals surface area contributed by atoms with Crippen LogP contribution in [-0.2, 0) is 14.3 Å². The monoisotopic (exact) mass is 490 g/mol. The number of hydrogen-bond donors (Lipinski definition) is 1. The van der Waals surface area contributed by atoms with Gasteiger partial charge in [-0.2, -0.15) is 0 Å². The zero-order valence-electron chi connectivity index (χ0n) is 18.8. The largest absolute Gasteiger partial charge is 0.497 e. The zero-order chi connectivity index (χ0) is 24.9. The van der Waals surface area contributed by atoms with Crippen LogP contribution in [0.15, 0.2) is 77.7 Å². The SMILES string of the molecule is COc1ccc(C(=O)COC(=O)c2ccc(N3C(=O)CC(Sc4ccc(N)cc4)C3=O)cc2)cc1. The number of Topliss-reactive ketones (excluding diaryl/α,β-unsaturated/α-hetero) is 1. The highest BCUT2D eigenvalue weighted by molar-refractivity contribution is 8.00. The van der Waals surface area contributed by atoms with E-state index in [9.17, 15) is 19.2 Å². The lowest BCUT2D eigenvalue weighted by Crippen LogP contribution is -2.31. The highest BCUT2D eigenvalue weighted by Gasteiger charge is 2.40. The lowest BCUT2D eigenvalue weighted by Gasteiger charge is -2.15. The van der Waals surface area contributed by atoms with Crippen LogP contribution in [0.2, 0.25) is 0 Å². The first-order valence-corrected chi connectivity index (χ1v) is 11.6. The molecule has 1 aliphatic rings. The molecule has 3 aromatic rings. The minimum Gasteiger partial charge on any atom is -0.497 e. The number of imide groups is 1. The minimum absolute atomic E-state index is 0.0745. The van der Waals surface area contributed by atoms with Gasteiger partial charge >= 0.3 is 5.97 Å². The van der Waals surface area contributed by atoms with Crippen molar-refractivity contribution >= 4 is 46.7 Å². The van der Waals surface area contributed by atoms with Gasteiger partial charge in [0.2, 0.25) is 11.8 Å². The fourth-order valence-electron chi connectivity index (χ4n) is 3.50. The minimum atomic E-state index is -0.686. The summed E-state index contributed by atoms with van der Waals surface area (Å²) in [6, 6.07) is 19.5. The van der Waals surface area contributed by atoms with E-state index in [1.807, 2.05) is 0 Å². The van der Waals surface area contributed by atoms with Crippen LogP contribution in [0, 0.1) is 0 Å². The molecule has 1 unspecified atom stereocenters. The van der Waals surface area contributed by atoms with Crippen LogP contribution in [0.1, 0.15) is 27.1 Å². The number of carbonyl (C=O) groups excluding carboxylic acids is 4. The lowest BCUT2D eigenvalue weighted by atomic mass is 10.1. The number of thioether (sulfide) groups is 1. The van der Waals surface area contributed by atoms with Crippen molar-refractivity contribution in [3.8, 4) is 5.75 Å². The molecule has 2 N–H and O–H groups in total. The summed E-state index contributed by atoms with van der Waals surface area (Å²) in [6.07, 6.45) is 0.0745. The van der Waals surface area contributed by atoms with E-state index in [1.165, 1.54) is 43.1 Å². The standard InChI is InChI=1S/C26H22N2O6S/c1-33-20-10-4-16(5-11-20)22(29)15-34-26(32)17-2-8-19(9-3-17)28-24(30)14-23(25(28)31)35-21-12-6-18(27)7-13-21/h2-13,23H,14-15,27H2,1H3. The van der Waals surface area contributed by atoms with E-state index in [4.69, 9.17) is 15.2 Å². The normalized spacial score (nSPS) is 15.2. The third-order valence-electron chi connectivity index (χ3n) is 5.37. The van der Waals surface area contributed by atoms with Gasteiger partial charge in [0.15, 0.2) is 12.4 Å². The first-order valence-electron chi connectivity index (χ1n) is 10.7. The second-order valence-corrected chi connectivity index (χ2v) is 9.00. The molecule has 1 aliphatic heterocycles. The van der Waals surface area contributed by atoms with Crippen molar-refractivity contribution in [1.29, 1.82) is 0 Å². The van der Waals surface area contributed by atoms with Crippen molar-refractivity contribution in [1.82, 2.24) is 0 Å². The van der Waals surface area contributed by atoms with E-state index in [2.05, 4.69) is 0 Å². The second kappa shape index (κ2) is 10.4. The molecule has 8 nitrogen and oxygen atoms in total. The second-order valence-electron chi connectivity index (χ2n) is 7.72. The highest BCUT2D eigenvalue weighted by Crippen LogP contribution is 2.34. The molecule has 0 aromatic heterocycles. The Morgan fingerprint density at radius 2 is 1.57 bits per heavy atom. The Morgan fingerprint density at radius 1 is 0.943 bits per heavy atom. The summed E-state index contributed by atoms with van der Waals surface area (Å²) < 4.78 is 10.2. The molecule has 9 heteroatoms. The molecule has 0 aliphatic carbocycles. The number of anilines is 2. The molecular weight excluding hydrogens is 468 g/mol. The number of ether oxygens (including phenoxy) is 2. The third kappa shape index (κ3) is 5.52. The molecule has 1 atom stereocenters. The van der Waals surface area contributed by atoms with Crippen LogP contribution >= 0.6 is 11.8 Å². The number of nitrogen functional groups attached to an aromatic ring is 1. The summed E-state index contributed by atoms with van der Waals surface area (Å²) in [6.45, 7) is -0.417. The molecule has 0 radical (unpaired) electrons. The highest BCUT2D eigenvalue weighted by atomic mass is 32.2. The fourth-order valence-corrected chi connectivity index (χ4v) is 4.55. The smallest absolute Gasteiger partial charge is 0.338 e. The Morgan fingerprint density at radius 3 is 2.20 bits per heavy atom. The molecule has 1 fully saturated rings. The van der Waals surface area contributed by atoms with Gasteiger partial charge in [-0.05, 0) is 72.8 Å². The number of nitrogens with two attached hydrogens (primary N) is 1. The fraction of sp³-hybridized carbons (Fsp3) is 0.154. The summed E-state index contributed by atoms with van der Waals surface area (Å²) in [4.78, 5) is 52.0. The maximum absolute atomic E-state index is 12.9. The third-order valence-corrected chi connectivity index (χ3v) is 6.57. The average Bonchev–Trinajstić information content (AvgIpc) is 3.16. The van der Waals surface area contributed by atoms with Crippen LogP contribution < -0.4 is 15.4 Å². The summed E-state index contributed by atoms with van der Waals surface area (Å²) in [7, 11) is 1.53. The van der Waals surface area contributed by atoms with Crippen LogP contribution in [-0.4, -0.2) is 42.5 Å². The molecule has 0 bridgehead atoms. The van der Waals surface area contributed by atoms with Crippen molar-refractivity contribution in [3.63, 3.8) is 0 Å². The van der Waals surface area contributed by atoms with Crippen molar-refractivity contribution < 1.29 is 28.7 Å². The van der Waals surface area contributed by atoms with Crippen LogP contribution in [0.25, 0.3) is 0 Å². The van der Waals surface area contributed by atoms with E-state index in [0.29, 0.717) is 22.7 Å².